The van der Waals surface area contributed by atoms with Gasteiger partial charge in [-0.15, -0.1) is 0 Å². The lowest BCUT2D eigenvalue weighted by molar-refractivity contribution is 0.126. The molecule has 0 saturated heterocycles. The van der Waals surface area contributed by atoms with Crippen LogP contribution in [0, 0.1) is 0 Å². The van der Waals surface area contributed by atoms with Crippen molar-refractivity contribution in [1.82, 2.24) is 9.88 Å². The molecule has 6 heteroatoms. The quantitative estimate of drug-likeness (QED) is 0.811. The first-order chi connectivity index (χ1) is 10.2. The first-order valence-corrected chi connectivity index (χ1v) is 7.13. The largest absolute Gasteiger partial charge is 0.444 e. The molecule has 0 spiro atoms. The predicted octanol–water partition coefficient (Wildman–Crippen LogP) is 2.44. The molecule has 0 atom stereocenters. The molecule has 5 nitrogen and oxygen atoms in total. The van der Waals surface area contributed by atoms with E-state index in [0.717, 1.165) is 17.8 Å². The zero-order chi connectivity index (χ0) is 15.1. The van der Waals surface area contributed by atoms with Crippen molar-refractivity contribution in [2.45, 2.75) is 6.54 Å². The standard InChI is InChI=1S/C15H19ClN2O3/c1-20-8-6-18(5-7-19)10-14-11-21-15(17-14)12-3-2-4-13(16)9-12/h2-4,9,11,19H,5-8,10H2,1H3. The molecule has 1 aromatic heterocycles. The number of benzene rings is 1. The maximum atomic E-state index is 9.09. The van der Waals surface area contributed by atoms with Crippen LogP contribution in [0.5, 0.6) is 0 Å². The fourth-order valence-corrected chi connectivity index (χ4v) is 2.18. The normalized spacial score (nSPS) is 11.2. The van der Waals surface area contributed by atoms with Crippen LogP contribution in [0.2, 0.25) is 5.02 Å². The highest BCUT2D eigenvalue weighted by atomic mass is 35.5. The van der Waals surface area contributed by atoms with Crippen molar-refractivity contribution in [3.63, 3.8) is 0 Å². The molecule has 2 aromatic rings. The summed E-state index contributed by atoms with van der Waals surface area (Å²) in [6, 6.07) is 7.38. The average molecular weight is 311 g/mol. The van der Waals surface area contributed by atoms with Gasteiger partial charge in [0.2, 0.25) is 5.89 Å². The summed E-state index contributed by atoms with van der Waals surface area (Å²) in [6.45, 7) is 2.62. The molecule has 1 aromatic carbocycles. The highest BCUT2D eigenvalue weighted by Crippen LogP contribution is 2.22. The summed E-state index contributed by atoms with van der Waals surface area (Å²) in [5.41, 5.74) is 1.66. The summed E-state index contributed by atoms with van der Waals surface area (Å²) in [4.78, 5) is 6.52. The highest BCUT2D eigenvalue weighted by molar-refractivity contribution is 6.30. The van der Waals surface area contributed by atoms with Crippen LogP contribution in [0.3, 0.4) is 0 Å². The summed E-state index contributed by atoms with van der Waals surface area (Å²) in [5.74, 6) is 0.545. The van der Waals surface area contributed by atoms with E-state index < -0.39 is 0 Å². The number of oxazole rings is 1. The highest BCUT2D eigenvalue weighted by Gasteiger charge is 2.11. The van der Waals surface area contributed by atoms with E-state index >= 15 is 0 Å². The van der Waals surface area contributed by atoms with Gasteiger partial charge in [0.05, 0.1) is 18.9 Å². The Labute approximate surface area is 129 Å². The van der Waals surface area contributed by atoms with Crippen LogP contribution in [0.1, 0.15) is 5.69 Å². The Hall–Kier alpha value is -1.40. The van der Waals surface area contributed by atoms with Crippen molar-refractivity contribution in [1.29, 1.82) is 0 Å². The van der Waals surface area contributed by atoms with E-state index in [9.17, 15) is 0 Å². The van der Waals surface area contributed by atoms with Crippen LogP contribution in [0.4, 0.5) is 0 Å². The first-order valence-electron chi connectivity index (χ1n) is 6.75. The van der Waals surface area contributed by atoms with Gasteiger partial charge in [-0.3, -0.25) is 4.90 Å². The molecule has 21 heavy (non-hydrogen) atoms. The molecule has 0 aliphatic carbocycles. The Bertz CT molecular complexity index is 559. The molecular weight excluding hydrogens is 292 g/mol. The number of halogens is 1. The molecule has 0 aliphatic rings. The third-order valence-electron chi connectivity index (χ3n) is 3.04. The average Bonchev–Trinajstić information content (AvgIpc) is 2.93. The zero-order valence-electron chi connectivity index (χ0n) is 12.0. The molecular formula is C15H19ClN2O3. The van der Waals surface area contributed by atoms with Gasteiger partial charge in [0.15, 0.2) is 0 Å². The number of aliphatic hydroxyl groups is 1. The molecule has 1 N–H and O–H groups in total. The van der Waals surface area contributed by atoms with Gasteiger partial charge >= 0.3 is 0 Å². The first kappa shape index (κ1) is 16.0. The molecule has 0 radical (unpaired) electrons. The number of methoxy groups -OCH3 is 1. The number of hydrogen-bond donors (Lipinski definition) is 1. The van der Waals surface area contributed by atoms with E-state index in [0.29, 0.717) is 30.6 Å². The second kappa shape index (κ2) is 8.14. The van der Waals surface area contributed by atoms with Gasteiger partial charge in [-0.1, -0.05) is 17.7 Å². The van der Waals surface area contributed by atoms with Crippen molar-refractivity contribution in [3.05, 3.63) is 41.2 Å². The summed E-state index contributed by atoms with van der Waals surface area (Å²) >= 11 is 5.96. The molecule has 0 aliphatic heterocycles. The Balaban J connectivity index is 2.04. The van der Waals surface area contributed by atoms with E-state index in [-0.39, 0.29) is 6.61 Å². The predicted molar refractivity (Wildman–Crippen MR) is 81.2 cm³/mol. The number of rotatable bonds is 8. The minimum atomic E-state index is 0.0999. The number of hydrogen-bond acceptors (Lipinski definition) is 5. The zero-order valence-corrected chi connectivity index (χ0v) is 12.7. The molecule has 0 bridgehead atoms. The Morgan fingerprint density at radius 1 is 1.38 bits per heavy atom. The molecule has 0 fully saturated rings. The lowest BCUT2D eigenvalue weighted by atomic mass is 10.2. The van der Waals surface area contributed by atoms with Gasteiger partial charge in [0.1, 0.15) is 6.26 Å². The number of aliphatic hydroxyl groups excluding tert-OH is 1. The van der Waals surface area contributed by atoms with E-state index in [4.69, 9.17) is 25.9 Å². The van der Waals surface area contributed by atoms with Crippen molar-refractivity contribution in [3.8, 4) is 11.5 Å². The number of aromatic nitrogens is 1. The smallest absolute Gasteiger partial charge is 0.226 e. The topological polar surface area (TPSA) is 58.7 Å². The van der Waals surface area contributed by atoms with Crippen LogP contribution in [-0.4, -0.2) is 48.4 Å². The van der Waals surface area contributed by atoms with Crippen molar-refractivity contribution in [2.75, 3.05) is 33.4 Å². The molecule has 2 rings (SSSR count). The van der Waals surface area contributed by atoms with E-state index in [1.54, 1.807) is 13.4 Å². The van der Waals surface area contributed by atoms with E-state index in [2.05, 4.69) is 9.88 Å². The fourth-order valence-electron chi connectivity index (χ4n) is 1.99. The van der Waals surface area contributed by atoms with Crippen LogP contribution in [-0.2, 0) is 11.3 Å². The SMILES string of the molecule is COCCN(CCO)Cc1coc(-c2cccc(Cl)c2)n1. The summed E-state index contributed by atoms with van der Waals surface area (Å²) < 4.78 is 10.6. The molecule has 1 heterocycles. The monoisotopic (exact) mass is 310 g/mol. The molecule has 0 amide bonds. The van der Waals surface area contributed by atoms with E-state index in [1.165, 1.54) is 0 Å². The number of ether oxygens (including phenoxy) is 1. The van der Waals surface area contributed by atoms with Crippen molar-refractivity contribution >= 4 is 11.6 Å². The van der Waals surface area contributed by atoms with Crippen molar-refractivity contribution < 1.29 is 14.3 Å². The summed E-state index contributed by atoms with van der Waals surface area (Å²) in [5, 5.41) is 9.73. The molecule has 0 saturated carbocycles. The minimum absolute atomic E-state index is 0.0999. The lowest BCUT2D eigenvalue weighted by Gasteiger charge is -2.19. The fraction of sp³-hybridized carbons (Fsp3) is 0.400. The van der Waals surface area contributed by atoms with Crippen LogP contribution < -0.4 is 0 Å². The summed E-state index contributed by atoms with van der Waals surface area (Å²) in [7, 11) is 1.66. The van der Waals surface area contributed by atoms with Gasteiger partial charge in [-0.25, -0.2) is 4.98 Å². The maximum Gasteiger partial charge on any atom is 0.226 e. The third kappa shape index (κ3) is 4.82. The maximum absolute atomic E-state index is 9.09. The minimum Gasteiger partial charge on any atom is -0.444 e. The third-order valence-corrected chi connectivity index (χ3v) is 3.27. The Morgan fingerprint density at radius 3 is 2.95 bits per heavy atom. The van der Waals surface area contributed by atoms with Gasteiger partial charge in [0.25, 0.3) is 0 Å². The van der Waals surface area contributed by atoms with Crippen LogP contribution in [0.15, 0.2) is 34.9 Å². The Kier molecular flexibility index (Phi) is 6.20. The van der Waals surface area contributed by atoms with Crippen LogP contribution >= 0.6 is 11.6 Å². The molecule has 0 unspecified atom stereocenters. The Morgan fingerprint density at radius 2 is 2.24 bits per heavy atom. The van der Waals surface area contributed by atoms with Crippen molar-refractivity contribution in [2.24, 2.45) is 0 Å². The van der Waals surface area contributed by atoms with E-state index in [1.807, 2.05) is 24.3 Å². The van der Waals surface area contributed by atoms with Gasteiger partial charge < -0.3 is 14.3 Å². The second-order valence-corrected chi connectivity index (χ2v) is 5.08. The lowest BCUT2D eigenvalue weighted by Crippen LogP contribution is -2.29. The molecule has 114 valence electrons. The van der Waals surface area contributed by atoms with Gasteiger partial charge in [-0.2, -0.15) is 0 Å². The van der Waals surface area contributed by atoms with Gasteiger partial charge in [-0.05, 0) is 18.2 Å². The summed E-state index contributed by atoms with van der Waals surface area (Å²) in [6.07, 6.45) is 1.63. The number of nitrogens with zero attached hydrogens (tertiary/aromatic N) is 2. The van der Waals surface area contributed by atoms with Crippen LogP contribution in [0.25, 0.3) is 11.5 Å². The van der Waals surface area contributed by atoms with Gasteiger partial charge in [0, 0.05) is 37.3 Å². The second-order valence-electron chi connectivity index (χ2n) is 4.65.